The van der Waals surface area contributed by atoms with Crippen molar-refractivity contribution in [3.63, 3.8) is 0 Å². The Hall–Kier alpha value is -2.78. The molecular weight excluding hydrogens is 422 g/mol. The second-order valence-corrected chi connectivity index (χ2v) is 8.30. The first-order chi connectivity index (χ1) is 14.9. The second kappa shape index (κ2) is 8.76. The van der Waals surface area contributed by atoms with Crippen molar-refractivity contribution in [1.29, 1.82) is 0 Å². The molecule has 0 aliphatic carbocycles. The molecule has 0 saturated carbocycles. The highest BCUT2D eigenvalue weighted by Gasteiger charge is 2.25. The van der Waals surface area contributed by atoms with E-state index in [9.17, 15) is 14.7 Å². The number of rotatable bonds is 6. The molecule has 3 heterocycles. The maximum absolute atomic E-state index is 13.0. The molecule has 1 fully saturated rings. The third-order valence-corrected chi connectivity index (χ3v) is 5.87. The molecule has 1 atom stereocenters. The van der Waals surface area contributed by atoms with Crippen molar-refractivity contribution in [2.45, 2.75) is 31.9 Å². The first-order valence-corrected chi connectivity index (χ1v) is 10.7. The fourth-order valence-electron chi connectivity index (χ4n) is 3.93. The van der Waals surface area contributed by atoms with Crippen molar-refractivity contribution in [2.75, 3.05) is 24.6 Å². The minimum Gasteiger partial charge on any atom is -0.491 e. The normalized spacial score (nSPS) is 15.4. The Morgan fingerprint density at radius 3 is 2.45 bits per heavy atom. The molecule has 166 valence electrons. The smallest absolute Gasteiger partial charge is 0.332 e. The summed E-state index contributed by atoms with van der Waals surface area (Å²) in [6.45, 7) is 1.78. The number of benzene rings is 1. The molecule has 31 heavy (non-hydrogen) atoms. The number of anilines is 1. The topological polar surface area (TPSA) is 94.5 Å². The Balaban J connectivity index is 1.69. The Kier molecular flexibility index (Phi) is 6.06. The van der Waals surface area contributed by atoms with Crippen molar-refractivity contribution < 1.29 is 9.84 Å². The van der Waals surface area contributed by atoms with Gasteiger partial charge in [-0.3, -0.25) is 13.9 Å². The van der Waals surface area contributed by atoms with Gasteiger partial charge >= 0.3 is 5.69 Å². The predicted molar refractivity (Wildman–Crippen MR) is 119 cm³/mol. The Morgan fingerprint density at radius 1 is 1.10 bits per heavy atom. The van der Waals surface area contributed by atoms with Crippen LogP contribution >= 0.6 is 11.6 Å². The van der Waals surface area contributed by atoms with Crippen molar-refractivity contribution in [1.82, 2.24) is 18.7 Å². The number of fused-ring (bicyclic) bond motifs is 1. The van der Waals surface area contributed by atoms with Gasteiger partial charge in [0.05, 0.1) is 6.54 Å². The summed E-state index contributed by atoms with van der Waals surface area (Å²) < 4.78 is 9.83. The van der Waals surface area contributed by atoms with Crippen LogP contribution in [0.15, 0.2) is 33.9 Å². The van der Waals surface area contributed by atoms with Crippen LogP contribution in [0.2, 0.25) is 5.02 Å². The number of hydrogen-bond donors (Lipinski definition) is 1. The minimum absolute atomic E-state index is 0.0345. The van der Waals surface area contributed by atoms with E-state index in [2.05, 4.69) is 9.88 Å². The van der Waals surface area contributed by atoms with Gasteiger partial charge in [-0.1, -0.05) is 11.6 Å². The first-order valence-electron chi connectivity index (χ1n) is 10.3. The number of aliphatic hydroxyl groups is 1. The molecule has 0 amide bonds. The molecule has 1 unspecified atom stereocenters. The molecule has 2 aromatic heterocycles. The third kappa shape index (κ3) is 4.20. The molecule has 10 heteroatoms. The van der Waals surface area contributed by atoms with Gasteiger partial charge in [-0.25, -0.2) is 4.79 Å². The molecule has 0 radical (unpaired) electrons. The lowest BCUT2D eigenvalue weighted by atomic mass is 10.1. The summed E-state index contributed by atoms with van der Waals surface area (Å²) >= 11 is 5.89. The molecule has 1 aromatic carbocycles. The molecular formula is C21H26ClN5O4. The van der Waals surface area contributed by atoms with Crippen molar-refractivity contribution in [3.8, 4) is 5.75 Å². The van der Waals surface area contributed by atoms with E-state index in [1.807, 2.05) is 0 Å². The highest BCUT2D eigenvalue weighted by atomic mass is 35.5. The average Bonchev–Trinajstić information content (AvgIpc) is 3.15. The Labute approximate surface area is 184 Å². The van der Waals surface area contributed by atoms with Crippen LogP contribution in [-0.2, 0) is 20.6 Å². The number of piperidine rings is 1. The van der Waals surface area contributed by atoms with Gasteiger partial charge in [-0.2, -0.15) is 4.98 Å². The summed E-state index contributed by atoms with van der Waals surface area (Å²) in [6.07, 6.45) is 2.32. The molecule has 3 aromatic rings. The summed E-state index contributed by atoms with van der Waals surface area (Å²) in [5, 5.41) is 11.3. The number of nitrogens with zero attached hydrogens (tertiary/aromatic N) is 5. The van der Waals surface area contributed by atoms with Gasteiger partial charge in [0.1, 0.15) is 18.5 Å². The number of aliphatic hydroxyl groups excluding tert-OH is 1. The lowest BCUT2D eigenvalue weighted by Gasteiger charge is -2.28. The number of ether oxygens (including phenoxy) is 1. The Morgan fingerprint density at radius 2 is 1.77 bits per heavy atom. The highest BCUT2D eigenvalue weighted by Crippen LogP contribution is 2.24. The second-order valence-electron chi connectivity index (χ2n) is 7.87. The van der Waals surface area contributed by atoms with Crippen LogP contribution in [0.5, 0.6) is 5.75 Å². The lowest BCUT2D eigenvalue weighted by Crippen LogP contribution is -2.38. The predicted octanol–water partition coefficient (Wildman–Crippen LogP) is 1.52. The van der Waals surface area contributed by atoms with E-state index in [0.29, 0.717) is 27.9 Å². The van der Waals surface area contributed by atoms with E-state index in [0.717, 1.165) is 36.9 Å². The number of aryl methyl sites for hydroxylation is 1. The fourth-order valence-corrected chi connectivity index (χ4v) is 4.06. The molecule has 0 spiro atoms. The van der Waals surface area contributed by atoms with Crippen LogP contribution < -0.4 is 20.9 Å². The molecule has 9 nitrogen and oxygen atoms in total. The van der Waals surface area contributed by atoms with Crippen LogP contribution in [0.3, 0.4) is 0 Å². The van der Waals surface area contributed by atoms with Crippen LogP contribution in [0.25, 0.3) is 11.2 Å². The number of imidazole rings is 1. The van der Waals surface area contributed by atoms with Crippen molar-refractivity contribution >= 4 is 28.7 Å². The standard InChI is InChI=1S/C21H26ClN5O4/c1-24-18-17(19(29)25(2)21(24)30)27(20(23-18)26-10-4-3-5-11-26)12-15(28)13-31-16-8-6-14(22)7-9-16/h6-9,15,28H,3-5,10-13H2,1-2H3. The maximum atomic E-state index is 13.0. The van der Waals surface area contributed by atoms with E-state index in [4.69, 9.17) is 16.3 Å². The lowest BCUT2D eigenvalue weighted by molar-refractivity contribution is 0.0936. The number of aromatic nitrogens is 4. The summed E-state index contributed by atoms with van der Waals surface area (Å²) in [7, 11) is 3.05. The third-order valence-electron chi connectivity index (χ3n) is 5.62. The SMILES string of the molecule is Cn1c(=O)c2c(nc(N3CCCCC3)n2CC(O)COc2ccc(Cl)cc2)n(C)c1=O. The van der Waals surface area contributed by atoms with Crippen molar-refractivity contribution in [3.05, 3.63) is 50.1 Å². The van der Waals surface area contributed by atoms with Gasteiger partial charge in [-0.15, -0.1) is 0 Å². The molecule has 4 rings (SSSR count). The zero-order chi connectivity index (χ0) is 22.1. The molecule has 1 aliphatic rings. The van der Waals surface area contributed by atoms with Gasteiger partial charge in [0, 0.05) is 32.2 Å². The van der Waals surface area contributed by atoms with E-state index in [-0.39, 0.29) is 13.2 Å². The number of hydrogen-bond acceptors (Lipinski definition) is 6. The summed E-state index contributed by atoms with van der Waals surface area (Å²) in [4.78, 5) is 32.1. The molecule has 1 aliphatic heterocycles. The average molecular weight is 448 g/mol. The van der Waals surface area contributed by atoms with E-state index in [1.165, 1.54) is 11.6 Å². The molecule has 0 bridgehead atoms. The van der Waals surface area contributed by atoms with Crippen LogP contribution in [0.4, 0.5) is 5.95 Å². The minimum atomic E-state index is -0.890. The molecule has 1 saturated heterocycles. The quantitative estimate of drug-likeness (QED) is 0.615. The highest BCUT2D eigenvalue weighted by molar-refractivity contribution is 6.30. The van der Waals surface area contributed by atoms with Gasteiger partial charge in [0.2, 0.25) is 5.95 Å². The van der Waals surface area contributed by atoms with Gasteiger partial charge < -0.3 is 19.3 Å². The van der Waals surface area contributed by atoms with Crippen LogP contribution in [0, 0.1) is 0 Å². The van der Waals surface area contributed by atoms with Gasteiger partial charge in [0.15, 0.2) is 11.2 Å². The fraction of sp³-hybridized carbons (Fsp3) is 0.476. The van der Waals surface area contributed by atoms with Gasteiger partial charge in [-0.05, 0) is 43.5 Å². The largest absolute Gasteiger partial charge is 0.491 e. The zero-order valence-corrected chi connectivity index (χ0v) is 18.4. The van der Waals surface area contributed by atoms with E-state index in [1.54, 1.807) is 35.9 Å². The summed E-state index contributed by atoms with van der Waals surface area (Å²) in [6, 6.07) is 6.88. The van der Waals surface area contributed by atoms with E-state index >= 15 is 0 Å². The van der Waals surface area contributed by atoms with Crippen LogP contribution in [-0.4, -0.2) is 49.6 Å². The van der Waals surface area contributed by atoms with Gasteiger partial charge in [0.25, 0.3) is 5.56 Å². The Bertz CT molecular complexity index is 1190. The van der Waals surface area contributed by atoms with Crippen molar-refractivity contribution in [2.24, 2.45) is 14.1 Å². The first kappa shape index (κ1) is 21.5. The maximum Gasteiger partial charge on any atom is 0.332 e. The van der Waals surface area contributed by atoms with E-state index < -0.39 is 17.4 Å². The monoisotopic (exact) mass is 447 g/mol. The number of halogens is 1. The molecule has 1 N–H and O–H groups in total. The summed E-state index contributed by atoms with van der Waals surface area (Å²) in [5.74, 6) is 1.19. The summed E-state index contributed by atoms with van der Waals surface area (Å²) in [5.41, 5.74) is -0.242. The zero-order valence-electron chi connectivity index (χ0n) is 17.6. The van der Waals surface area contributed by atoms with Crippen LogP contribution in [0.1, 0.15) is 19.3 Å².